The zero-order chi connectivity index (χ0) is 9.52. The van der Waals surface area contributed by atoms with Crippen molar-refractivity contribution in [1.29, 1.82) is 0 Å². The van der Waals surface area contributed by atoms with Gasteiger partial charge in [0.25, 0.3) is 0 Å². The minimum absolute atomic E-state index is 0.112. The lowest BCUT2D eigenvalue weighted by molar-refractivity contribution is -0.120. The lowest BCUT2D eigenvalue weighted by Crippen LogP contribution is -2.35. The summed E-state index contributed by atoms with van der Waals surface area (Å²) in [6, 6.07) is 0. The zero-order valence-electron chi connectivity index (χ0n) is 8.44. The molecule has 0 aromatic carbocycles. The van der Waals surface area contributed by atoms with Crippen LogP contribution in [0.2, 0.25) is 0 Å². The SMILES string of the molecule is CCNC(=O)CNCC1CCCC1. The van der Waals surface area contributed by atoms with Gasteiger partial charge in [0.15, 0.2) is 0 Å². The Hall–Kier alpha value is -0.570. The highest BCUT2D eigenvalue weighted by Crippen LogP contribution is 2.23. The van der Waals surface area contributed by atoms with Gasteiger partial charge >= 0.3 is 0 Å². The second kappa shape index (κ2) is 5.97. The molecule has 3 nitrogen and oxygen atoms in total. The molecule has 2 N–H and O–H groups in total. The largest absolute Gasteiger partial charge is 0.355 e. The third-order valence-electron chi connectivity index (χ3n) is 2.57. The van der Waals surface area contributed by atoms with Gasteiger partial charge in [0.1, 0.15) is 0 Å². The Labute approximate surface area is 80.3 Å². The predicted molar refractivity (Wildman–Crippen MR) is 53.5 cm³/mol. The second-order valence-electron chi connectivity index (χ2n) is 3.73. The minimum Gasteiger partial charge on any atom is -0.355 e. The summed E-state index contributed by atoms with van der Waals surface area (Å²) in [7, 11) is 0. The molecule has 0 saturated heterocycles. The van der Waals surface area contributed by atoms with E-state index in [-0.39, 0.29) is 5.91 Å². The molecule has 0 radical (unpaired) electrons. The number of hydrogen-bond donors (Lipinski definition) is 2. The molecule has 1 fully saturated rings. The third kappa shape index (κ3) is 4.27. The Morgan fingerprint density at radius 2 is 2.08 bits per heavy atom. The van der Waals surface area contributed by atoms with Crippen molar-refractivity contribution < 1.29 is 4.79 Å². The first-order valence-corrected chi connectivity index (χ1v) is 5.30. The number of nitrogens with one attached hydrogen (secondary N) is 2. The Morgan fingerprint density at radius 1 is 1.38 bits per heavy atom. The van der Waals surface area contributed by atoms with E-state index < -0.39 is 0 Å². The molecule has 0 aliphatic heterocycles. The van der Waals surface area contributed by atoms with Crippen LogP contribution in [-0.2, 0) is 4.79 Å². The summed E-state index contributed by atoms with van der Waals surface area (Å²) in [5.41, 5.74) is 0. The third-order valence-corrected chi connectivity index (χ3v) is 2.57. The molecular formula is C10H20N2O. The van der Waals surface area contributed by atoms with Gasteiger partial charge in [-0.1, -0.05) is 12.8 Å². The van der Waals surface area contributed by atoms with Crippen LogP contribution in [0.3, 0.4) is 0 Å². The van der Waals surface area contributed by atoms with Crippen LogP contribution in [0.25, 0.3) is 0 Å². The predicted octanol–water partition coefficient (Wildman–Crippen LogP) is 0.902. The van der Waals surface area contributed by atoms with Crippen LogP contribution in [0.1, 0.15) is 32.6 Å². The molecule has 0 bridgehead atoms. The van der Waals surface area contributed by atoms with Crippen LogP contribution in [0, 0.1) is 5.92 Å². The lowest BCUT2D eigenvalue weighted by Gasteiger charge is -2.09. The first-order chi connectivity index (χ1) is 6.33. The summed E-state index contributed by atoms with van der Waals surface area (Å²) in [6.07, 6.45) is 5.41. The van der Waals surface area contributed by atoms with Gasteiger partial charge in [-0.15, -0.1) is 0 Å². The normalized spacial score (nSPS) is 17.6. The van der Waals surface area contributed by atoms with Crippen LogP contribution < -0.4 is 10.6 Å². The van der Waals surface area contributed by atoms with Gasteiger partial charge in [-0.3, -0.25) is 4.79 Å². The van der Waals surface area contributed by atoms with Gasteiger partial charge in [-0.05, 0) is 32.2 Å². The Kier molecular flexibility index (Phi) is 4.83. The number of amides is 1. The summed E-state index contributed by atoms with van der Waals surface area (Å²) in [4.78, 5) is 11.0. The average Bonchev–Trinajstić information content (AvgIpc) is 2.57. The number of carbonyl (C=O) groups is 1. The number of carbonyl (C=O) groups excluding carboxylic acids is 1. The van der Waals surface area contributed by atoms with Crippen molar-refractivity contribution >= 4 is 5.91 Å². The van der Waals surface area contributed by atoms with Crippen molar-refractivity contribution in [2.45, 2.75) is 32.6 Å². The number of likely N-dealkylation sites (N-methyl/N-ethyl adjacent to an activating group) is 1. The minimum atomic E-state index is 0.112. The molecular weight excluding hydrogens is 164 g/mol. The van der Waals surface area contributed by atoms with Gasteiger partial charge in [0.2, 0.25) is 5.91 Å². The van der Waals surface area contributed by atoms with Crippen molar-refractivity contribution in [1.82, 2.24) is 10.6 Å². The van der Waals surface area contributed by atoms with Crippen molar-refractivity contribution in [3.05, 3.63) is 0 Å². The molecule has 1 aliphatic rings. The van der Waals surface area contributed by atoms with E-state index >= 15 is 0 Å². The van der Waals surface area contributed by atoms with Gasteiger partial charge in [0, 0.05) is 6.54 Å². The monoisotopic (exact) mass is 184 g/mol. The van der Waals surface area contributed by atoms with Crippen LogP contribution in [0.5, 0.6) is 0 Å². The molecule has 0 aromatic heterocycles. The topological polar surface area (TPSA) is 41.1 Å². The van der Waals surface area contributed by atoms with Crippen molar-refractivity contribution in [3.63, 3.8) is 0 Å². The first-order valence-electron chi connectivity index (χ1n) is 5.30. The highest BCUT2D eigenvalue weighted by atomic mass is 16.1. The van der Waals surface area contributed by atoms with E-state index in [2.05, 4.69) is 10.6 Å². The van der Waals surface area contributed by atoms with E-state index in [0.717, 1.165) is 19.0 Å². The van der Waals surface area contributed by atoms with E-state index in [1.54, 1.807) is 0 Å². The van der Waals surface area contributed by atoms with Gasteiger partial charge in [-0.25, -0.2) is 0 Å². The highest BCUT2D eigenvalue weighted by molar-refractivity contribution is 5.77. The molecule has 1 rings (SSSR count). The summed E-state index contributed by atoms with van der Waals surface area (Å²) in [6.45, 7) is 4.15. The van der Waals surface area contributed by atoms with Crippen LogP contribution >= 0.6 is 0 Å². The molecule has 0 unspecified atom stereocenters. The maximum Gasteiger partial charge on any atom is 0.233 e. The van der Waals surface area contributed by atoms with E-state index in [9.17, 15) is 4.79 Å². The second-order valence-corrected chi connectivity index (χ2v) is 3.73. The average molecular weight is 184 g/mol. The standard InChI is InChI=1S/C10H20N2O/c1-2-12-10(13)8-11-7-9-5-3-4-6-9/h9,11H,2-8H2,1H3,(H,12,13). The van der Waals surface area contributed by atoms with Crippen molar-refractivity contribution in [2.75, 3.05) is 19.6 Å². The molecule has 0 atom stereocenters. The molecule has 1 amide bonds. The molecule has 1 aliphatic carbocycles. The van der Waals surface area contributed by atoms with Crippen LogP contribution in [0.4, 0.5) is 0 Å². The van der Waals surface area contributed by atoms with Gasteiger partial charge in [-0.2, -0.15) is 0 Å². The summed E-state index contributed by atoms with van der Waals surface area (Å²) in [5.74, 6) is 0.926. The highest BCUT2D eigenvalue weighted by Gasteiger charge is 2.14. The Bertz CT molecular complexity index is 153. The molecule has 13 heavy (non-hydrogen) atoms. The molecule has 0 heterocycles. The van der Waals surface area contributed by atoms with Crippen LogP contribution in [-0.4, -0.2) is 25.5 Å². The molecule has 76 valence electrons. The maximum atomic E-state index is 11.0. The van der Waals surface area contributed by atoms with Crippen LogP contribution in [0.15, 0.2) is 0 Å². The molecule has 1 saturated carbocycles. The van der Waals surface area contributed by atoms with Crippen molar-refractivity contribution in [3.8, 4) is 0 Å². The maximum absolute atomic E-state index is 11.0. The lowest BCUT2D eigenvalue weighted by atomic mass is 10.1. The Morgan fingerprint density at radius 3 is 2.69 bits per heavy atom. The van der Waals surface area contributed by atoms with E-state index in [1.807, 2.05) is 6.92 Å². The zero-order valence-corrected chi connectivity index (χ0v) is 8.44. The summed E-state index contributed by atoms with van der Waals surface area (Å²) >= 11 is 0. The Balaban J connectivity index is 1.96. The van der Waals surface area contributed by atoms with E-state index in [1.165, 1.54) is 25.7 Å². The molecule has 0 spiro atoms. The smallest absolute Gasteiger partial charge is 0.233 e. The quantitative estimate of drug-likeness (QED) is 0.666. The van der Waals surface area contributed by atoms with E-state index in [4.69, 9.17) is 0 Å². The fraction of sp³-hybridized carbons (Fsp3) is 0.900. The number of rotatable bonds is 5. The van der Waals surface area contributed by atoms with Gasteiger partial charge < -0.3 is 10.6 Å². The summed E-state index contributed by atoms with van der Waals surface area (Å²) in [5, 5.41) is 5.97. The van der Waals surface area contributed by atoms with E-state index in [0.29, 0.717) is 6.54 Å². The molecule has 0 aromatic rings. The fourth-order valence-electron chi connectivity index (χ4n) is 1.86. The first kappa shape index (κ1) is 10.5. The van der Waals surface area contributed by atoms with Gasteiger partial charge in [0.05, 0.1) is 6.54 Å². The number of hydrogen-bond acceptors (Lipinski definition) is 2. The van der Waals surface area contributed by atoms with Crippen molar-refractivity contribution in [2.24, 2.45) is 5.92 Å². The summed E-state index contributed by atoms with van der Waals surface area (Å²) < 4.78 is 0. The molecule has 3 heteroatoms. The fourth-order valence-corrected chi connectivity index (χ4v) is 1.86.